The SMILES string of the molecule is CCOC(=O)c1nnn(CC(O)(CC)CC)c1CCl. The summed E-state index contributed by atoms with van der Waals surface area (Å²) in [5, 5.41) is 18.0. The number of halogens is 1. The van der Waals surface area contributed by atoms with Gasteiger partial charge in [-0.3, -0.25) is 0 Å². The zero-order chi connectivity index (χ0) is 14.5. The third kappa shape index (κ3) is 3.67. The van der Waals surface area contributed by atoms with Gasteiger partial charge < -0.3 is 9.84 Å². The second kappa shape index (κ2) is 6.86. The Morgan fingerprint density at radius 1 is 1.42 bits per heavy atom. The van der Waals surface area contributed by atoms with Crippen LogP contribution >= 0.6 is 11.6 Å². The fourth-order valence-corrected chi connectivity index (χ4v) is 1.97. The number of esters is 1. The molecule has 0 amide bonds. The lowest BCUT2D eigenvalue weighted by atomic mass is 9.97. The standard InChI is InChI=1S/C12H20ClN3O3/c1-4-12(18,5-2)8-16-9(7-13)10(14-15-16)11(17)19-6-3/h18H,4-8H2,1-3H3. The first kappa shape index (κ1) is 15.9. The van der Waals surface area contributed by atoms with Gasteiger partial charge in [0.25, 0.3) is 0 Å². The zero-order valence-electron chi connectivity index (χ0n) is 11.5. The molecule has 0 fully saturated rings. The molecule has 1 aromatic rings. The van der Waals surface area contributed by atoms with Gasteiger partial charge in [-0.05, 0) is 19.8 Å². The van der Waals surface area contributed by atoms with Crippen molar-refractivity contribution in [1.29, 1.82) is 0 Å². The van der Waals surface area contributed by atoms with E-state index in [2.05, 4.69) is 10.3 Å². The maximum atomic E-state index is 11.7. The number of carbonyl (C=O) groups is 1. The largest absolute Gasteiger partial charge is 0.461 e. The summed E-state index contributed by atoms with van der Waals surface area (Å²) in [6, 6.07) is 0. The minimum atomic E-state index is -0.875. The molecule has 0 aromatic carbocycles. The number of carbonyl (C=O) groups excluding carboxylic acids is 1. The summed E-state index contributed by atoms with van der Waals surface area (Å²) in [4.78, 5) is 11.7. The minimum absolute atomic E-state index is 0.0880. The third-order valence-electron chi connectivity index (χ3n) is 3.19. The van der Waals surface area contributed by atoms with E-state index in [1.807, 2.05) is 13.8 Å². The number of hydrogen-bond acceptors (Lipinski definition) is 5. The molecule has 0 saturated carbocycles. The fraction of sp³-hybridized carbons (Fsp3) is 0.750. The number of nitrogens with zero attached hydrogens (tertiary/aromatic N) is 3. The van der Waals surface area contributed by atoms with Crippen molar-refractivity contribution in [2.24, 2.45) is 0 Å². The van der Waals surface area contributed by atoms with E-state index in [4.69, 9.17) is 16.3 Å². The Labute approximate surface area is 117 Å². The zero-order valence-corrected chi connectivity index (χ0v) is 12.3. The topological polar surface area (TPSA) is 77.2 Å². The average Bonchev–Trinajstić information content (AvgIpc) is 2.81. The van der Waals surface area contributed by atoms with Gasteiger partial charge in [0.2, 0.25) is 0 Å². The molecule has 6 nitrogen and oxygen atoms in total. The highest BCUT2D eigenvalue weighted by Gasteiger charge is 2.27. The number of aromatic nitrogens is 3. The van der Waals surface area contributed by atoms with Crippen molar-refractivity contribution in [3.05, 3.63) is 11.4 Å². The maximum absolute atomic E-state index is 11.7. The van der Waals surface area contributed by atoms with Crippen LogP contribution in [0.3, 0.4) is 0 Å². The number of aliphatic hydroxyl groups is 1. The van der Waals surface area contributed by atoms with Gasteiger partial charge >= 0.3 is 5.97 Å². The quantitative estimate of drug-likeness (QED) is 0.611. The summed E-state index contributed by atoms with van der Waals surface area (Å²) in [6.07, 6.45) is 1.17. The van der Waals surface area contributed by atoms with Gasteiger partial charge in [-0.2, -0.15) is 0 Å². The normalized spacial score (nSPS) is 11.6. The van der Waals surface area contributed by atoms with Gasteiger partial charge in [0.05, 0.1) is 30.3 Å². The molecule has 0 radical (unpaired) electrons. The van der Waals surface area contributed by atoms with Crippen molar-refractivity contribution in [2.45, 2.75) is 51.6 Å². The second-order valence-electron chi connectivity index (χ2n) is 4.33. The van der Waals surface area contributed by atoms with Crippen LogP contribution < -0.4 is 0 Å². The van der Waals surface area contributed by atoms with E-state index in [1.54, 1.807) is 6.92 Å². The highest BCUT2D eigenvalue weighted by molar-refractivity contribution is 6.17. The molecule has 1 N–H and O–H groups in total. The van der Waals surface area contributed by atoms with Crippen molar-refractivity contribution in [3.63, 3.8) is 0 Å². The molecule has 0 aliphatic heterocycles. The maximum Gasteiger partial charge on any atom is 0.360 e. The third-order valence-corrected chi connectivity index (χ3v) is 3.45. The van der Waals surface area contributed by atoms with Gasteiger partial charge in [-0.1, -0.05) is 19.1 Å². The monoisotopic (exact) mass is 289 g/mol. The van der Waals surface area contributed by atoms with E-state index in [0.29, 0.717) is 18.5 Å². The van der Waals surface area contributed by atoms with Crippen LogP contribution in [-0.2, 0) is 17.2 Å². The average molecular weight is 290 g/mol. The number of alkyl halides is 1. The van der Waals surface area contributed by atoms with E-state index in [0.717, 1.165) is 0 Å². The van der Waals surface area contributed by atoms with Gasteiger partial charge in [0.15, 0.2) is 5.69 Å². The van der Waals surface area contributed by atoms with Crippen LogP contribution in [0.1, 0.15) is 49.8 Å². The van der Waals surface area contributed by atoms with Gasteiger partial charge in [-0.15, -0.1) is 16.7 Å². The molecule has 0 aliphatic rings. The van der Waals surface area contributed by atoms with Crippen LogP contribution in [0, 0.1) is 0 Å². The molecule has 7 heteroatoms. The molecule has 0 spiro atoms. The van der Waals surface area contributed by atoms with Crippen molar-refractivity contribution < 1.29 is 14.6 Å². The summed E-state index contributed by atoms with van der Waals surface area (Å²) < 4.78 is 6.37. The molecule has 1 rings (SSSR count). The lowest BCUT2D eigenvalue weighted by Gasteiger charge is -2.25. The predicted molar refractivity (Wildman–Crippen MR) is 71.1 cm³/mol. The Morgan fingerprint density at radius 2 is 2.05 bits per heavy atom. The first-order chi connectivity index (χ1) is 9.01. The lowest BCUT2D eigenvalue weighted by Crippen LogP contribution is -2.33. The Balaban J connectivity index is 3.01. The van der Waals surface area contributed by atoms with Crippen LogP contribution in [0.4, 0.5) is 0 Å². The van der Waals surface area contributed by atoms with Crippen LogP contribution in [0.25, 0.3) is 0 Å². The summed E-state index contributed by atoms with van der Waals surface area (Å²) in [6.45, 7) is 6.03. The van der Waals surface area contributed by atoms with E-state index < -0.39 is 11.6 Å². The van der Waals surface area contributed by atoms with Gasteiger partial charge in [0.1, 0.15) is 0 Å². The molecule has 0 atom stereocenters. The fourth-order valence-electron chi connectivity index (χ4n) is 1.70. The highest BCUT2D eigenvalue weighted by atomic mass is 35.5. The predicted octanol–water partition coefficient (Wildman–Crippen LogP) is 1.74. The molecule has 108 valence electrons. The molecule has 0 aliphatic carbocycles. The molecule has 0 unspecified atom stereocenters. The Hall–Kier alpha value is -1.14. The van der Waals surface area contributed by atoms with Gasteiger partial charge in [0, 0.05) is 0 Å². The number of rotatable bonds is 7. The van der Waals surface area contributed by atoms with Crippen molar-refractivity contribution in [1.82, 2.24) is 15.0 Å². The highest BCUT2D eigenvalue weighted by Crippen LogP contribution is 2.20. The van der Waals surface area contributed by atoms with Crippen LogP contribution in [-0.4, -0.2) is 38.3 Å². The summed E-state index contributed by atoms with van der Waals surface area (Å²) in [7, 11) is 0. The molecule has 1 heterocycles. The van der Waals surface area contributed by atoms with Crippen LogP contribution in [0.5, 0.6) is 0 Å². The van der Waals surface area contributed by atoms with E-state index in [1.165, 1.54) is 4.68 Å². The number of hydrogen-bond donors (Lipinski definition) is 1. The molecular weight excluding hydrogens is 270 g/mol. The van der Waals surface area contributed by atoms with Crippen molar-refractivity contribution in [3.8, 4) is 0 Å². The first-order valence-corrected chi connectivity index (χ1v) is 6.92. The molecule has 1 aromatic heterocycles. The lowest BCUT2D eigenvalue weighted by molar-refractivity contribution is 0.0107. The smallest absolute Gasteiger partial charge is 0.360 e. The number of ether oxygens (including phenoxy) is 1. The van der Waals surface area contributed by atoms with Crippen molar-refractivity contribution >= 4 is 17.6 Å². The van der Waals surface area contributed by atoms with Crippen molar-refractivity contribution in [2.75, 3.05) is 6.61 Å². The minimum Gasteiger partial charge on any atom is -0.461 e. The second-order valence-corrected chi connectivity index (χ2v) is 4.60. The van der Waals surface area contributed by atoms with Crippen LogP contribution in [0.15, 0.2) is 0 Å². The molecular formula is C12H20ClN3O3. The Kier molecular flexibility index (Phi) is 5.75. The summed E-state index contributed by atoms with van der Waals surface area (Å²) in [5.41, 5.74) is -0.285. The molecule has 0 saturated heterocycles. The summed E-state index contributed by atoms with van der Waals surface area (Å²) in [5.74, 6) is -0.453. The molecule has 19 heavy (non-hydrogen) atoms. The van der Waals surface area contributed by atoms with E-state index in [-0.39, 0.29) is 24.7 Å². The Bertz CT molecular complexity index is 430. The van der Waals surface area contributed by atoms with Gasteiger partial charge in [-0.25, -0.2) is 9.48 Å². The summed E-state index contributed by atoms with van der Waals surface area (Å²) >= 11 is 5.85. The Morgan fingerprint density at radius 3 is 2.53 bits per heavy atom. The first-order valence-electron chi connectivity index (χ1n) is 6.39. The van der Waals surface area contributed by atoms with Crippen LogP contribution in [0.2, 0.25) is 0 Å². The van der Waals surface area contributed by atoms with E-state index in [9.17, 15) is 9.90 Å². The van der Waals surface area contributed by atoms with E-state index >= 15 is 0 Å². The molecule has 0 bridgehead atoms.